The molecule has 0 amide bonds. The van der Waals surface area contributed by atoms with Crippen LogP contribution in [0.2, 0.25) is 0 Å². The Labute approximate surface area is 99.7 Å². The molecule has 2 N–H and O–H groups in total. The van der Waals surface area contributed by atoms with Crippen molar-refractivity contribution in [1.82, 2.24) is 20.0 Å². The number of nitrogens with zero attached hydrogens (tertiary/aromatic N) is 3. The van der Waals surface area contributed by atoms with Crippen molar-refractivity contribution < 1.29 is 9.90 Å². The predicted octanol–water partition coefficient (Wildman–Crippen LogP) is 0.508. The monoisotopic (exact) mass is 244 g/mol. The van der Waals surface area contributed by atoms with E-state index in [1.807, 2.05) is 0 Å². The average molecular weight is 244 g/mol. The quantitative estimate of drug-likeness (QED) is 0.649. The van der Waals surface area contributed by atoms with E-state index < -0.39 is 11.4 Å². The number of aromatic carboxylic acids is 1. The van der Waals surface area contributed by atoms with Gasteiger partial charge in [0.25, 0.3) is 0 Å². The molecule has 2 aromatic heterocycles. The Balaban J connectivity index is 2.55. The number of carboxylic acid groups (broad SMARTS) is 1. The highest BCUT2D eigenvalue weighted by Gasteiger charge is 2.14. The molecule has 0 aliphatic heterocycles. The maximum Gasteiger partial charge on any atom is 0.341 e. The highest BCUT2D eigenvalue weighted by molar-refractivity contribution is 6.03. The van der Waals surface area contributed by atoms with E-state index >= 15 is 0 Å². The van der Waals surface area contributed by atoms with Crippen molar-refractivity contribution in [3.63, 3.8) is 0 Å². The van der Waals surface area contributed by atoms with E-state index in [0.29, 0.717) is 21.9 Å². The number of H-pyrrole nitrogens is 1. The van der Waals surface area contributed by atoms with Gasteiger partial charge in [0, 0.05) is 18.6 Å². The number of aromatic nitrogens is 4. The molecule has 7 nitrogen and oxygen atoms in total. The number of benzene rings is 1. The van der Waals surface area contributed by atoms with Gasteiger partial charge in [-0.05, 0) is 12.1 Å². The van der Waals surface area contributed by atoms with Crippen LogP contribution in [0.4, 0.5) is 0 Å². The Morgan fingerprint density at radius 1 is 1.44 bits per heavy atom. The lowest BCUT2D eigenvalue weighted by atomic mass is 10.1. The zero-order valence-corrected chi connectivity index (χ0v) is 9.34. The zero-order chi connectivity index (χ0) is 12.9. The Morgan fingerprint density at radius 3 is 2.94 bits per heavy atom. The lowest BCUT2D eigenvalue weighted by molar-refractivity contribution is 0.0695. The molecule has 3 rings (SSSR count). The highest BCUT2D eigenvalue weighted by atomic mass is 16.4. The Bertz CT molecular complexity index is 846. The molecule has 0 radical (unpaired) electrons. The first-order valence-electron chi connectivity index (χ1n) is 5.16. The van der Waals surface area contributed by atoms with Gasteiger partial charge in [0.1, 0.15) is 16.6 Å². The van der Waals surface area contributed by atoms with E-state index in [4.69, 9.17) is 5.11 Å². The Hall–Kier alpha value is -2.70. The van der Waals surface area contributed by atoms with Crippen LogP contribution < -0.4 is 5.43 Å². The first-order valence-corrected chi connectivity index (χ1v) is 5.16. The van der Waals surface area contributed by atoms with Gasteiger partial charge >= 0.3 is 5.97 Å². The molecule has 0 aliphatic rings. The van der Waals surface area contributed by atoms with Crippen LogP contribution in [0.25, 0.3) is 21.9 Å². The number of rotatable bonds is 1. The van der Waals surface area contributed by atoms with Gasteiger partial charge in [-0.25, -0.2) is 9.48 Å². The summed E-state index contributed by atoms with van der Waals surface area (Å²) in [6.45, 7) is 0. The van der Waals surface area contributed by atoms with Gasteiger partial charge < -0.3 is 10.1 Å². The number of aryl methyl sites for hydroxylation is 1. The van der Waals surface area contributed by atoms with Gasteiger partial charge in [0.15, 0.2) is 0 Å². The molecule has 1 aromatic carbocycles. The molecule has 0 atom stereocenters. The van der Waals surface area contributed by atoms with Crippen molar-refractivity contribution in [2.45, 2.75) is 0 Å². The molecule has 0 bridgehead atoms. The first-order chi connectivity index (χ1) is 8.59. The minimum atomic E-state index is -1.25. The van der Waals surface area contributed by atoms with Crippen molar-refractivity contribution in [3.8, 4) is 0 Å². The van der Waals surface area contributed by atoms with Crippen LogP contribution in [0.15, 0.2) is 23.1 Å². The van der Waals surface area contributed by atoms with Crippen LogP contribution in [0.3, 0.4) is 0 Å². The van der Waals surface area contributed by atoms with Crippen LogP contribution >= 0.6 is 0 Å². The standard InChI is InChI=1S/C11H8N4O3/c1-15-9-7(13-14-15)3-2-5-8(9)12-4-6(10(5)16)11(17)18/h2-4H,1H3,(H,12,16)(H,17,18). The number of aromatic amines is 1. The first kappa shape index (κ1) is 10.5. The summed E-state index contributed by atoms with van der Waals surface area (Å²) < 4.78 is 1.54. The van der Waals surface area contributed by atoms with Crippen LogP contribution in [0.5, 0.6) is 0 Å². The largest absolute Gasteiger partial charge is 0.477 e. The van der Waals surface area contributed by atoms with Crippen LogP contribution in [-0.2, 0) is 7.05 Å². The fourth-order valence-electron chi connectivity index (χ4n) is 2.00. The third-order valence-corrected chi connectivity index (χ3v) is 2.85. The summed E-state index contributed by atoms with van der Waals surface area (Å²) in [5, 5.41) is 17.0. The number of pyridine rings is 1. The van der Waals surface area contributed by atoms with E-state index in [1.165, 1.54) is 10.9 Å². The van der Waals surface area contributed by atoms with Gasteiger partial charge in [0.2, 0.25) is 5.43 Å². The second-order valence-electron chi connectivity index (χ2n) is 3.91. The molecule has 0 spiro atoms. The van der Waals surface area contributed by atoms with Crippen molar-refractivity contribution >= 4 is 27.9 Å². The van der Waals surface area contributed by atoms with Gasteiger partial charge in [-0.15, -0.1) is 5.10 Å². The molecular weight excluding hydrogens is 236 g/mol. The second-order valence-corrected chi connectivity index (χ2v) is 3.91. The molecule has 2 heterocycles. The maximum atomic E-state index is 12.0. The van der Waals surface area contributed by atoms with E-state index in [1.54, 1.807) is 19.2 Å². The second kappa shape index (κ2) is 3.39. The summed E-state index contributed by atoms with van der Waals surface area (Å²) in [5.74, 6) is -1.25. The van der Waals surface area contributed by atoms with Crippen molar-refractivity contribution in [3.05, 3.63) is 34.1 Å². The number of hydrogen-bond acceptors (Lipinski definition) is 4. The van der Waals surface area contributed by atoms with Crippen LogP contribution in [-0.4, -0.2) is 31.1 Å². The maximum absolute atomic E-state index is 12.0. The van der Waals surface area contributed by atoms with E-state index in [2.05, 4.69) is 15.3 Å². The van der Waals surface area contributed by atoms with Gasteiger partial charge in [0.05, 0.1) is 5.52 Å². The Morgan fingerprint density at radius 2 is 2.22 bits per heavy atom. The number of hydrogen-bond donors (Lipinski definition) is 2. The molecule has 0 aliphatic carbocycles. The molecule has 0 saturated carbocycles. The number of carboxylic acids is 1. The summed E-state index contributed by atoms with van der Waals surface area (Å²) in [7, 11) is 1.71. The zero-order valence-electron chi connectivity index (χ0n) is 9.34. The van der Waals surface area contributed by atoms with E-state index in [-0.39, 0.29) is 5.56 Å². The Kier molecular flexibility index (Phi) is 1.97. The minimum Gasteiger partial charge on any atom is -0.477 e. The molecule has 0 fully saturated rings. The molecule has 90 valence electrons. The van der Waals surface area contributed by atoms with E-state index in [0.717, 1.165) is 0 Å². The number of carbonyl (C=O) groups is 1. The normalized spacial score (nSPS) is 11.2. The third-order valence-electron chi connectivity index (χ3n) is 2.85. The number of nitrogens with one attached hydrogen (secondary N) is 1. The van der Waals surface area contributed by atoms with Gasteiger partial charge in [-0.2, -0.15) is 0 Å². The third kappa shape index (κ3) is 1.24. The lowest BCUT2D eigenvalue weighted by Gasteiger charge is -2.01. The molecular formula is C11H8N4O3. The molecule has 3 aromatic rings. The fraction of sp³-hybridized carbons (Fsp3) is 0.0909. The number of fused-ring (bicyclic) bond motifs is 3. The molecule has 0 saturated heterocycles. The smallest absolute Gasteiger partial charge is 0.341 e. The van der Waals surface area contributed by atoms with Gasteiger partial charge in [-0.3, -0.25) is 4.79 Å². The van der Waals surface area contributed by atoms with E-state index in [9.17, 15) is 9.59 Å². The summed E-state index contributed by atoms with van der Waals surface area (Å²) in [4.78, 5) is 25.7. The van der Waals surface area contributed by atoms with Crippen molar-refractivity contribution in [2.24, 2.45) is 7.05 Å². The van der Waals surface area contributed by atoms with Crippen molar-refractivity contribution in [2.75, 3.05) is 0 Å². The van der Waals surface area contributed by atoms with Crippen LogP contribution in [0.1, 0.15) is 10.4 Å². The fourth-order valence-corrected chi connectivity index (χ4v) is 2.00. The molecule has 0 unspecified atom stereocenters. The predicted molar refractivity (Wildman–Crippen MR) is 63.6 cm³/mol. The van der Waals surface area contributed by atoms with Crippen molar-refractivity contribution in [1.29, 1.82) is 0 Å². The minimum absolute atomic E-state index is 0.281. The summed E-state index contributed by atoms with van der Waals surface area (Å²) in [5.41, 5.74) is 1.05. The molecule has 7 heteroatoms. The van der Waals surface area contributed by atoms with Crippen LogP contribution in [0, 0.1) is 0 Å². The van der Waals surface area contributed by atoms with Gasteiger partial charge in [-0.1, -0.05) is 5.21 Å². The average Bonchev–Trinajstić information content (AvgIpc) is 2.71. The molecule has 18 heavy (non-hydrogen) atoms. The summed E-state index contributed by atoms with van der Waals surface area (Å²) in [6.07, 6.45) is 1.19. The summed E-state index contributed by atoms with van der Waals surface area (Å²) >= 11 is 0. The SMILES string of the molecule is Cn1nnc2ccc3c(=O)c(C(=O)O)c[nH]c3c21. The topological polar surface area (TPSA) is 101 Å². The highest BCUT2D eigenvalue weighted by Crippen LogP contribution is 2.19. The summed E-state index contributed by atoms with van der Waals surface area (Å²) in [6, 6.07) is 3.20. The lowest BCUT2D eigenvalue weighted by Crippen LogP contribution is -2.15.